The molecule has 1 aromatic heterocycles. The summed E-state index contributed by atoms with van der Waals surface area (Å²) in [5.41, 5.74) is 0.286. The third kappa shape index (κ3) is 8.66. The Kier molecular flexibility index (Phi) is 11.1. The Hall–Kier alpha value is -3.09. The molecule has 0 spiro atoms. The normalized spacial score (nSPS) is 13.3. The van der Waals surface area contributed by atoms with Crippen molar-refractivity contribution in [2.75, 3.05) is 7.11 Å². The first-order chi connectivity index (χ1) is 14.7. The molecule has 0 saturated carbocycles. The van der Waals surface area contributed by atoms with E-state index in [1.807, 2.05) is 19.9 Å². The quantitative estimate of drug-likeness (QED) is 0.277. The molecule has 1 atom stereocenters. The molecule has 1 heterocycles. The molecule has 0 aliphatic carbocycles. The van der Waals surface area contributed by atoms with Crippen LogP contribution in [-0.4, -0.2) is 24.1 Å². The topological polar surface area (TPSA) is 106 Å². The van der Waals surface area contributed by atoms with Crippen molar-refractivity contribution in [3.63, 3.8) is 0 Å². The second-order valence-electron chi connectivity index (χ2n) is 7.51. The number of allylic oxidation sites excluding steroid dienone is 5. The van der Waals surface area contributed by atoms with Gasteiger partial charge in [0.25, 0.3) is 0 Å². The number of Topliss-reactive ketones (excluding diaryl/α,β-unsaturated/α-hetero) is 1. The first kappa shape index (κ1) is 25.9. The molecule has 170 valence electrons. The lowest BCUT2D eigenvalue weighted by atomic mass is 9.99. The zero-order chi connectivity index (χ0) is 23.4. The van der Waals surface area contributed by atoms with Crippen molar-refractivity contribution in [1.82, 2.24) is 5.32 Å². The predicted octanol–water partition coefficient (Wildman–Crippen LogP) is 5.36. The van der Waals surface area contributed by atoms with Gasteiger partial charge >= 0.3 is 11.7 Å². The van der Waals surface area contributed by atoms with Gasteiger partial charge in [0, 0.05) is 18.2 Å². The minimum atomic E-state index is -0.853. The van der Waals surface area contributed by atoms with Crippen LogP contribution in [0.4, 0.5) is 4.79 Å². The van der Waals surface area contributed by atoms with Gasteiger partial charge in [-0.1, -0.05) is 44.1 Å². The van der Waals surface area contributed by atoms with Crippen LogP contribution in [0.25, 0.3) is 0 Å². The zero-order valence-electron chi connectivity index (χ0n) is 19.0. The molecule has 0 fully saturated rings. The number of ketones is 1. The predicted molar refractivity (Wildman–Crippen MR) is 120 cm³/mol. The third-order valence-electron chi connectivity index (χ3n) is 4.83. The number of rotatable bonds is 11. The largest absolute Gasteiger partial charge is 0.507 e. The molecule has 0 radical (unpaired) electrons. The average Bonchev–Trinajstić information content (AvgIpc) is 2.74. The molecule has 31 heavy (non-hydrogen) atoms. The van der Waals surface area contributed by atoms with Crippen LogP contribution in [0, 0.1) is 0 Å². The number of hydrogen-bond donors (Lipinski definition) is 2. The lowest BCUT2D eigenvalue weighted by molar-refractivity contribution is 0.102. The number of alkyl carbamates (subject to hydrolysis) is 1. The summed E-state index contributed by atoms with van der Waals surface area (Å²) in [5, 5.41) is 12.8. The highest BCUT2D eigenvalue weighted by Crippen LogP contribution is 2.26. The lowest BCUT2D eigenvalue weighted by Crippen LogP contribution is -2.16. The maximum absolute atomic E-state index is 12.6. The van der Waals surface area contributed by atoms with E-state index in [1.165, 1.54) is 19.4 Å². The number of carbonyl (C=O) groups is 2. The summed E-state index contributed by atoms with van der Waals surface area (Å²) in [4.78, 5) is 36.0. The zero-order valence-corrected chi connectivity index (χ0v) is 19.0. The van der Waals surface area contributed by atoms with E-state index in [9.17, 15) is 19.5 Å². The molecule has 0 aliphatic rings. The summed E-state index contributed by atoms with van der Waals surface area (Å²) in [6, 6.07) is 1.32. The molecule has 1 aromatic rings. The second kappa shape index (κ2) is 13.3. The van der Waals surface area contributed by atoms with Crippen LogP contribution < -0.4 is 10.9 Å². The summed E-state index contributed by atoms with van der Waals surface area (Å²) >= 11 is 0. The summed E-state index contributed by atoms with van der Waals surface area (Å²) in [6.07, 6.45) is 10.5. The smallest absolute Gasteiger partial charge is 0.410 e. The average molecular weight is 432 g/mol. The van der Waals surface area contributed by atoms with E-state index >= 15 is 0 Å². The summed E-state index contributed by atoms with van der Waals surface area (Å²) in [5.74, 6) is -0.816. The number of ether oxygens (including phenoxy) is 1. The molecule has 7 nitrogen and oxygen atoms in total. The third-order valence-corrected chi connectivity index (χ3v) is 4.83. The van der Waals surface area contributed by atoms with Crippen LogP contribution in [-0.2, 0) is 4.74 Å². The molecule has 1 rings (SSSR count). The molecular formula is C24H33NO6. The van der Waals surface area contributed by atoms with E-state index in [0.717, 1.165) is 24.8 Å². The first-order valence-corrected chi connectivity index (χ1v) is 10.5. The highest BCUT2D eigenvalue weighted by Gasteiger charge is 2.21. The van der Waals surface area contributed by atoms with Gasteiger partial charge in [-0.05, 0) is 45.1 Å². The van der Waals surface area contributed by atoms with Crippen LogP contribution in [0.1, 0.15) is 81.8 Å². The van der Waals surface area contributed by atoms with Crippen molar-refractivity contribution in [2.24, 2.45) is 0 Å². The molecule has 7 heteroatoms. The van der Waals surface area contributed by atoms with Crippen molar-refractivity contribution in [2.45, 2.75) is 65.7 Å². The van der Waals surface area contributed by atoms with E-state index < -0.39 is 17.5 Å². The SMILES string of the molecule is CCCC/C(C)=C/C=C(\C)C(=O)c1c(O)cc(C(C)CC/C=C\NC(=O)OC)oc1=O. The number of carbonyl (C=O) groups excluding carboxylic acids is 2. The Morgan fingerprint density at radius 2 is 2.00 bits per heavy atom. The van der Waals surface area contributed by atoms with Crippen LogP contribution in [0.2, 0.25) is 0 Å². The van der Waals surface area contributed by atoms with E-state index in [2.05, 4.69) is 17.0 Å². The highest BCUT2D eigenvalue weighted by atomic mass is 16.5. The minimum absolute atomic E-state index is 0.175. The van der Waals surface area contributed by atoms with Crippen molar-refractivity contribution in [3.05, 3.63) is 63.4 Å². The molecular weight excluding hydrogens is 398 g/mol. The van der Waals surface area contributed by atoms with Gasteiger partial charge in [-0.15, -0.1) is 0 Å². The standard InChI is InChI=1S/C24H33NO6/c1-6-7-10-16(2)12-13-18(4)22(27)21-19(26)15-20(31-23(21)28)17(3)11-8-9-14-25-24(29)30-5/h9,12-15,17,26H,6-8,10-11H2,1-5H3,(H,25,29)/b14-9-,16-12+,18-13+. The molecule has 1 amide bonds. The van der Waals surface area contributed by atoms with Gasteiger partial charge in [0.15, 0.2) is 5.78 Å². The van der Waals surface area contributed by atoms with Gasteiger partial charge in [-0.2, -0.15) is 0 Å². The Morgan fingerprint density at radius 3 is 2.61 bits per heavy atom. The second-order valence-corrected chi connectivity index (χ2v) is 7.51. The molecule has 0 saturated heterocycles. The maximum Gasteiger partial charge on any atom is 0.410 e. The Morgan fingerprint density at radius 1 is 1.29 bits per heavy atom. The van der Waals surface area contributed by atoms with Gasteiger partial charge in [-0.3, -0.25) is 10.1 Å². The maximum atomic E-state index is 12.6. The minimum Gasteiger partial charge on any atom is -0.507 e. The fraction of sp³-hybridized carbons (Fsp3) is 0.458. The molecule has 0 aliphatic heterocycles. The van der Waals surface area contributed by atoms with Crippen molar-refractivity contribution in [3.8, 4) is 5.75 Å². The molecule has 2 N–H and O–H groups in total. The molecule has 1 unspecified atom stereocenters. The van der Waals surface area contributed by atoms with Crippen molar-refractivity contribution < 1.29 is 23.8 Å². The summed E-state index contributed by atoms with van der Waals surface area (Å²) in [6.45, 7) is 7.56. The number of unbranched alkanes of at least 4 members (excludes halogenated alkanes) is 1. The van der Waals surface area contributed by atoms with Gasteiger partial charge in [0.2, 0.25) is 0 Å². The number of methoxy groups -OCH3 is 1. The fourth-order valence-electron chi connectivity index (χ4n) is 2.79. The molecule has 0 aromatic carbocycles. The van der Waals surface area contributed by atoms with Crippen LogP contribution in [0.15, 0.2) is 50.9 Å². The van der Waals surface area contributed by atoms with Crippen LogP contribution >= 0.6 is 0 Å². The first-order valence-electron chi connectivity index (χ1n) is 10.5. The van der Waals surface area contributed by atoms with E-state index in [4.69, 9.17) is 4.42 Å². The van der Waals surface area contributed by atoms with Gasteiger partial charge < -0.3 is 14.3 Å². The highest BCUT2D eigenvalue weighted by molar-refractivity contribution is 6.09. The monoisotopic (exact) mass is 431 g/mol. The number of amides is 1. The van der Waals surface area contributed by atoms with Gasteiger partial charge in [0.05, 0.1) is 7.11 Å². The Bertz CT molecular complexity index is 907. The van der Waals surface area contributed by atoms with E-state index in [0.29, 0.717) is 24.2 Å². The van der Waals surface area contributed by atoms with E-state index in [1.54, 1.807) is 19.1 Å². The Labute approximate surface area is 183 Å². The fourth-order valence-corrected chi connectivity index (χ4v) is 2.79. The lowest BCUT2D eigenvalue weighted by Gasteiger charge is -2.11. The summed E-state index contributed by atoms with van der Waals surface area (Å²) < 4.78 is 9.77. The van der Waals surface area contributed by atoms with Crippen LogP contribution in [0.5, 0.6) is 5.75 Å². The van der Waals surface area contributed by atoms with Gasteiger partial charge in [0.1, 0.15) is 17.1 Å². The Balaban J connectivity index is 2.88. The van der Waals surface area contributed by atoms with Crippen molar-refractivity contribution >= 4 is 11.9 Å². The summed E-state index contributed by atoms with van der Waals surface area (Å²) in [7, 11) is 1.27. The van der Waals surface area contributed by atoms with E-state index in [-0.39, 0.29) is 17.2 Å². The number of aromatic hydroxyl groups is 1. The number of nitrogens with one attached hydrogen (secondary N) is 1. The molecule has 0 bridgehead atoms. The van der Waals surface area contributed by atoms with Gasteiger partial charge in [-0.25, -0.2) is 9.59 Å². The van der Waals surface area contributed by atoms with Crippen molar-refractivity contribution in [1.29, 1.82) is 0 Å². The number of hydrogen-bond acceptors (Lipinski definition) is 6. The van der Waals surface area contributed by atoms with Crippen LogP contribution in [0.3, 0.4) is 0 Å².